The predicted molar refractivity (Wildman–Crippen MR) is 87.0 cm³/mol. The number of benzene rings is 1. The standard InChI is InChI=1S/C17H19BrN2O/c18-15-3-1-12(2-4-15)17-6-5-16(21-17)11-20-9-13-7-19-8-14(13)10-20/h1-6,13-14,19H,7-11H2/t13-,14+. The van der Waals surface area contributed by atoms with Crippen LogP contribution in [0.25, 0.3) is 11.3 Å². The fourth-order valence-electron chi connectivity index (χ4n) is 3.53. The minimum atomic E-state index is 0.839. The highest BCUT2D eigenvalue weighted by atomic mass is 79.9. The first kappa shape index (κ1) is 13.6. The summed E-state index contributed by atoms with van der Waals surface area (Å²) in [4.78, 5) is 2.53. The molecule has 1 aromatic carbocycles. The number of rotatable bonds is 3. The number of fused-ring (bicyclic) bond motifs is 1. The fraction of sp³-hybridized carbons (Fsp3) is 0.412. The maximum Gasteiger partial charge on any atom is 0.134 e. The van der Waals surface area contributed by atoms with Gasteiger partial charge in [0.15, 0.2) is 0 Å². The third kappa shape index (κ3) is 2.80. The van der Waals surface area contributed by atoms with Crippen molar-refractivity contribution >= 4 is 15.9 Å². The van der Waals surface area contributed by atoms with Gasteiger partial charge in [-0.1, -0.05) is 28.1 Å². The van der Waals surface area contributed by atoms with E-state index in [1.807, 2.05) is 12.1 Å². The number of hydrogen-bond donors (Lipinski definition) is 1. The molecule has 2 aromatic rings. The molecule has 110 valence electrons. The Hall–Kier alpha value is -1.10. The van der Waals surface area contributed by atoms with Crippen molar-refractivity contribution in [1.29, 1.82) is 0 Å². The normalized spacial score (nSPS) is 25.4. The number of hydrogen-bond acceptors (Lipinski definition) is 3. The van der Waals surface area contributed by atoms with Gasteiger partial charge in [-0.15, -0.1) is 0 Å². The van der Waals surface area contributed by atoms with Crippen molar-refractivity contribution in [2.24, 2.45) is 11.8 Å². The summed E-state index contributed by atoms with van der Waals surface area (Å²) in [6.45, 7) is 5.70. The van der Waals surface area contributed by atoms with Crippen LogP contribution in [-0.4, -0.2) is 31.1 Å². The Bertz CT molecular complexity index is 610. The second-order valence-electron chi connectivity index (χ2n) is 6.15. The lowest BCUT2D eigenvalue weighted by atomic mass is 10.0. The van der Waals surface area contributed by atoms with E-state index in [0.29, 0.717) is 0 Å². The smallest absolute Gasteiger partial charge is 0.134 e. The zero-order valence-electron chi connectivity index (χ0n) is 11.9. The summed E-state index contributed by atoms with van der Waals surface area (Å²) in [6, 6.07) is 12.5. The highest BCUT2D eigenvalue weighted by Gasteiger charge is 2.36. The molecule has 0 spiro atoms. The monoisotopic (exact) mass is 346 g/mol. The van der Waals surface area contributed by atoms with Crippen LogP contribution in [-0.2, 0) is 6.54 Å². The van der Waals surface area contributed by atoms with Gasteiger partial charge < -0.3 is 9.73 Å². The van der Waals surface area contributed by atoms with Crippen LogP contribution < -0.4 is 5.32 Å². The average molecular weight is 347 g/mol. The summed E-state index contributed by atoms with van der Waals surface area (Å²) in [5.74, 6) is 3.70. The van der Waals surface area contributed by atoms with Crippen LogP contribution in [0.3, 0.4) is 0 Å². The van der Waals surface area contributed by atoms with Gasteiger partial charge in [-0.25, -0.2) is 0 Å². The second kappa shape index (κ2) is 5.59. The molecule has 2 saturated heterocycles. The molecule has 0 unspecified atom stereocenters. The first-order chi connectivity index (χ1) is 10.3. The number of likely N-dealkylation sites (tertiary alicyclic amines) is 1. The largest absolute Gasteiger partial charge is 0.460 e. The van der Waals surface area contributed by atoms with Gasteiger partial charge in [0.25, 0.3) is 0 Å². The molecule has 2 fully saturated rings. The van der Waals surface area contributed by atoms with Gasteiger partial charge in [-0.2, -0.15) is 0 Å². The van der Waals surface area contributed by atoms with E-state index in [1.165, 1.54) is 26.2 Å². The van der Waals surface area contributed by atoms with Crippen LogP contribution in [0.2, 0.25) is 0 Å². The molecule has 1 N–H and O–H groups in total. The van der Waals surface area contributed by atoms with Crippen LogP contribution in [0, 0.1) is 11.8 Å². The molecule has 2 aliphatic heterocycles. The molecule has 2 atom stereocenters. The Morgan fingerprint density at radius 2 is 1.76 bits per heavy atom. The quantitative estimate of drug-likeness (QED) is 0.923. The highest BCUT2D eigenvalue weighted by molar-refractivity contribution is 9.10. The molecule has 1 aromatic heterocycles. The Morgan fingerprint density at radius 1 is 1.05 bits per heavy atom. The van der Waals surface area contributed by atoms with E-state index in [9.17, 15) is 0 Å². The Labute approximate surface area is 133 Å². The highest BCUT2D eigenvalue weighted by Crippen LogP contribution is 2.29. The molecular weight excluding hydrogens is 328 g/mol. The first-order valence-corrected chi connectivity index (χ1v) is 8.35. The molecule has 0 amide bonds. The zero-order chi connectivity index (χ0) is 14.2. The molecule has 4 heteroatoms. The van der Waals surface area contributed by atoms with Crippen LogP contribution in [0.5, 0.6) is 0 Å². The number of halogens is 1. The van der Waals surface area contributed by atoms with E-state index in [0.717, 1.165) is 39.9 Å². The van der Waals surface area contributed by atoms with Gasteiger partial charge in [0, 0.05) is 23.1 Å². The molecular formula is C17H19BrN2O. The van der Waals surface area contributed by atoms with E-state index < -0.39 is 0 Å². The predicted octanol–water partition coefficient (Wildman–Crippen LogP) is 3.36. The summed E-state index contributed by atoms with van der Waals surface area (Å²) >= 11 is 3.46. The molecule has 4 rings (SSSR count). The number of furan rings is 1. The molecule has 3 nitrogen and oxygen atoms in total. The van der Waals surface area contributed by atoms with Gasteiger partial charge in [0.1, 0.15) is 11.5 Å². The fourth-order valence-corrected chi connectivity index (χ4v) is 3.80. The van der Waals surface area contributed by atoms with E-state index in [2.05, 4.69) is 50.4 Å². The maximum atomic E-state index is 6.02. The van der Waals surface area contributed by atoms with Gasteiger partial charge in [0.05, 0.1) is 6.54 Å². The van der Waals surface area contributed by atoms with Crippen molar-refractivity contribution in [2.75, 3.05) is 26.2 Å². The van der Waals surface area contributed by atoms with Crippen LogP contribution >= 0.6 is 15.9 Å². The second-order valence-corrected chi connectivity index (χ2v) is 7.06. The Morgan fingerprint density at radius 3 is 2.48 bits per heavy atom. The molecule has 3 heterocycles. The third-order valence-electron chi connectivity index (χ3n) is 4.63. The van der Waals surface area contributed by atoms with Crippen molar-refractivity contribution in [2.45, 2.75) is 6.54 Å². The van der Waals surface area contributed by atoms with E-state index in [-0.39, 0.29) is 0 Å². The van der Waals surface area contributed by atoms with Gasteiger partial charge in [0.2, 0.25) is 0 Å². The van der Waals surface area contributed by atoms with E-state index in [4.69, 9.17) is 4.42 Å². The van der Waals surface area contributed by atoms with Gasteiger partial charge >= 0.3 is 0 Å². The van der Waals surface area contributed by atoms with Crippen molar-refractivity contribution in [3.05, 3.63) is 46.6 Å². The average Bonchev–Trinajstić information content (AvgIpc) is 3.16. The number of nitrogens with zero attached hydrogens (tertiary/aromatic N) is 1. The lowest BCUT2D eigenvalue weighted by Crippen LogP contribution is -2.25. The van der Waals surface area contributed by atoms with E-state index in [1.54, 1.807) is 0 Å². The Kier molecular flexibility index (Phi) is 3.61. The van der Waals surface area contributed by atoms with Crippen molar-refractivity contribution in [1.82, 2.24) is 10.2 Å². The summed E-state index contributed by atoms with van der Waals surface area (Å²) < 4.78 is 7.11. The van der Waals surface area contributed by atoms with Crippen LogP contribution in [0.15, 0.2) is 45.3 Å². The van der Waals surface area contributed by atoms with E-state index >= 15 is 0 Å². The van der Waals surface area contributed by atoms with Gasteiger partial charge in [-0.05, 0) is 49.2 Å². The topological polar surface area (TPSA) is 28.4 Å². The minimum absolute atomic E-state index is 0.839. The molecule has 0 radical (unpaired) electrons. The zero-order valence-corrected chi connectivity index (χ0v) is 13.5. The SMILES string of the molecule is Brc1ccc(-c2ccc(CN3C[C@H]4CNC[C@H]4C3)o2)cc1. The molecule has 0 bridgehead atoms. The first-order valence-electron chi connectivity index (χ1n) is 7.55. The molecule has 0 aliphatic carbocycles. The minimum Gasteiger partial charge on any atom is -0.460 e. The van der Waals surface area contributed by atoms with Crippen molar-refractivity contribution < 1.29 is 4.42 Å². The summed E-state index contributed by atoms with van der Waals surface area (Å²) in [6.07, 6.45) is 0. The summed E-state index contributed by atoms with van der Waals surface area (Å²) in [5.41, 5.74) is 1.13. The van der Waals surface area contributed by atoms with Crippen molar-refractivity contribution in [3.8, 4) is 11.3 Å². The summed E-state index contributed by atoms with van der Waals surface area (Å²) in [7, 11) is 0. The molecule has 2 aliphatic rings. The maximum absolute atomic E-state index is 6.02. The van der Waals surface area contributed by atoms with Gasteiger partial charge in [-0.3, -0.25) is 4.90 Å². The Balaban J connectivity index is 1.44. The lowest BCUT2D eigenvalue weighted by molar-refractivity contribution is 0.279. The summed E-state index contributed by atoms with van der Waals surface area (Å²) in [5, 5.41) is 3.48. The van der Waals surface area contributed by atoms with Crippen LogP contribution in [0.4, 0.5) is 0 Å². The molecule has 0 saturated carbocycles. The lowest BCUT2D eigenvalue weighted by Gasteiger charge is -2.14. The number of nitrogens with one attached hydrogen (secondary N) is 1. The molecule has 21 heavy (non-hydrogen) atoms. The van der Waals surface area contributed by atoms with Crippen molar-refractivity contribution in [3.63, 3.8) is 0 Å². The van der Waals surface area contributed by atoms with Crippen LogP contribution in [0.1, 0.15) is 5.76 Å². The third-order valence-corrected chi connectivity index (χ3v) is 5.16.